The number of methoxy groups -OCH3 is 1. The zero-order valence-corrected chi connectivity index (χ0v) is 13.4. The van der Waals surface area contributed by atoms with Crippen LogP contribution in [0.15, 0.2) is 24.3 Å². The summed E-state index contributed by atoms with van der Waals surface area (Å²) in [6.07, 6.45) is 1.31. The molecule has 2 unspecified atom stereocenters. The number of amides is 1. The van der Waals surface area contributed by atoms with E-state index in [-0.39, 0.29) is 30.1 Å². The molecule has 1 fully saturated rings. The third-order valence-electron chi connectivity index (χ3n) is 3.43. The van der Waals surface area contributed by atoms with Gasteiger partial charge in [0.2, 0.25) is 0 Å². The number of thioether (sulfide) groups is 1. The first kappa shape index (κ1) is 17.2. The van der Waals surface area contributed by atoms with Crippen LogP contribution in [0.1, 0.15) is 5.56 Å². The van der Waals surface area contributed by atoms with Crippen molar-refractivity contribution in [1.82, 2.24) is 4.90 Å². The quantitative estimate of drug-likeness (QED) is 0.318. The molecule has 1 aliphatic heterocycles. The molecule has 0 N–H and O–H groups in total. The van der Waals surface area contributed by atoms with Crippen LogP contribution in [0.3, 0.4) is 0 Å². The average molecular weight is 340 g/mol. The van der Waals surface area contributed by atoms with Gasteiger partial charge in [0.15, 0.2) is 6.10 Å². The topological polar surface area (TPSA) is 99.0 Å². The fourth-order valence-corrected chi connectivity index (χ4v) is 3.10. The van der Waals surface area contributed by atoms with Crippen molar-refractivity contribution < 1.29 is 24.0 Å². The van der Waals surface area contributed by atoms with Gasteiger partial charge >= 0.3 is 5.97 Å². The lowest BCUT2D eigenvalue weighted by atomic mass is 10.1. The number of ether oxygens (including phenoxy) is 2. The number of non-ortho nitro benzene ring substituents is 1. The summed E-state index contributed by atoms with van der Waals surface area (Å²) in [6.45, 7) is -0.145. The number of nitro groups is 1. The lowest BCUT2D eigenvalue weighted by molar-refractivity contribution is -0.384. The minimum Gasteiger partial charge on any atom is -0.459 e. The first-order chi connectivity index (χ1) is 11.0. The molecule has 2 atom stereocenters. The normalized spacial score (nSPS) is 20.1. The molecule has 1 aliphatic rings. The maximum absolute atomic E-state index is 11.8. The third kappa shape index (κ3) is 3.80. The molecule has 0 aromatic heterocycles. The van der Waals surface area contributed by atoms with Gasteiger partial charge in [-0.15, -0.1) is 11.8 Å². The second-order valence-electron chi connectivity index (χ2n) is 4.83. The molecule has 1 heterocycles. The molecular weight excluding hydrogens is 324 g/mol. The van der Waals surface area contributed by atoms with Crippen molar-refractivity contribution in [2.45, 2.75) is 18.1 Å². The number of esters is 1. The molecule has 1 amide bonds. The molecular formula is C14H16N2O6S. The predicted octanol–water partition coefficient (Wildman–Crippen LogP) is 1.18. The molecule has 124 valence electrons. The molecule has 1 saturated heterocycles. The Balaban J connectivity index is 1.83. The summed E-state index contributed by atoms with van der Waals surface area (Å²) < 4.78 is 10.1. The number of hydrogen-bond donors (Lipinski definition) is 0. The van der Waals surface area contributed by atoms with Gasteiger partial charge in [-0.1, -0.05) is 0 Å². The number of likely N-dealkylation sites (tertiary alicyclic amines) is 1. The molecule has 8 nitrogen and oxygen atoms in total. The van der Waals surface area contributed by atoms with Gasteiger partial charge in [-0.2, -0.15) is 0 Å². The van der Waals surface area contributed by atoms with Crippen LogP contribution in [0.5, 0.6) is 0 Å². The molecule has 1 aromatic rings. The number of hydrogen-bond acceptors (Lipinski definition) is 7. The van der Waals surface area contributed by atoms with Gasteiger partial charge in [-0.3, -0.25) is 19.7 Å². The highest BCUT2D eigenvalue weighted by Gasteiger charge is 2.48. The van der Waals surface area contributed by atoms with E-state index in [0.29, 0.717) is 5.56 Å². The van der Waals surface area contributed by atoms with Crippen LogP contribution in [0.2, 0.25) is 0 Å². The Hall–Kier alpha value is -2.13. The van der Waals surface area contributed by atoms with Gasteiger partial charge in [-0.05, 0) is 24.0 Å². The summed E-state index contributed by atoms with van der Waals surface area (Å²) in [5, 5.41) is 10.4. The minimum absolute atomic E-state index is 0.00347. The Bertz CT molecular complexity index is 606. The maximum atomic E-state index is 11.8. The van der Waals surface area contributed by atoms with E-state index in [1.165, 1.54) is 48.0 Å². The number of β-lactam (4-membered cyclic amide) rings is 1. The summed E-state index contributed by atoms with van der Waals surface area (Å²) in [5.74, 6) is -0.774. The number of nitro benzene ring substituents is 1. The van der Waals surface area contributed by atoms with Crippen molar-refractivity contribution in [3.05, 3.63) is 39.9 Å². The third-order valence-corrected chi connectivity index (χ3v) is 4.42. The van der Waals surface area contributed by atoms with Crippen molar-refractivity contribution in [2.75, 3.05) is 19.9 Å². The van der Waals surface area contributed by atoms with Crippen LogP contribution in [0, 0.1) is 10.1 Å². The Morgan fingerprint density at radius 2 is 2.04 bits per heavy atom. The molecule has 0 aliphatic carbocycles. The smallest absolute Gasteiger partial charge is 0.326 e. The zero-order valence-electron chi connectivity index (χ0n) is 12.6. The molecule has 9 heteroatoms. The van der Waals surface area contributed by atoms with Gasteiger partial charge in [0.1, 0.15) is 18.5 Å². The zero-order chi connectivity index (χ0) is 17.0. The second-order valence-corrected chi connectivity index (χ2v) is 5.79. The fourth-order valence-electron chi connectivity index (χ4n) is 2.19. The van der Waals surface area contributed by atoms with Crippen molar-refractivity contribution in [3.63, 3.8) is 0 Å². The summed E-state index contributed by atoms with van der Waals surface area (Å²) in [5.41, 5.74) is 0.606. The van der Waals surface area contributed by atoms with E-state index in [0.717, 1.165) is 0 Å². The van der Waals surface area contributed by atoms with Gasteiger partial charge in [0.25, 0.3) is 11.6 Å². The Morgan fingerprint density at radius 3 is 2.57 bits per heavy atom. The second kappa shape index (κ2) is 7.42. The maximum Gasteiger partial charge on any atom is 0.326 e. The first-order valence-electron chi connectivity index (χ1n) is 6.73. The predicted molar refractivity (Wildman–Crippen MR) is 82.7 cm³/mol. The largest absolute Gasteiger partial charge is 0.459 e. The summed E-state index contributed by atoms with van der Waals surface area (Å²) in [6, 6.07) is 5.72. The van der Waals surface area contributed by atoms with E-state index < -0.39 is 17.0 Å². The van der Waals surface area contributed by atoms with Gasteiger partial charge in [-0.25, -0.2) is 0 Å². The number of carbonyl (C=O) groups is 2. The van der Waals surface area contributed by atoms with E-state index in [4.69, 9.17) is 9.47 Å². The molecule has 0 bridgehead atoms. The summed E-state index contributed by atoms with van der Waals surface area (Å²) in [4.78, 5) is 35.1. The molecule has 1 aromatic carbocycles. The SMILES string of the molecule is COC1C(=O)N(CC(=O)OCc2ccc([N+](=O)[O-])cc2)C1SC. The monoisotopic (exact) mass is 340 g/mol. The standard InChI is InChI=1S/C14H16N2O6S/c1-21-12-13(18)15(14(12)23-2)7-11(17)22-8-9-3-5-10(6-4-9)16(19)20/h3-6,12,14H,7-8H2,1-2H3. The van der Waals surface area contributed by atoms with Crippen LogP contribution in [0.25, 0.3) is 0 Å². The van der Waals surface area contributed by atoms with Crippen LogP contribution >= 0.6 is 11.8 Å². The Morgan fingerprint density at radius 1 is 1.39 bits per heavy atom. The van der Waals surface area contributed by atoms with Crippen molar-refractivity contribution >= 4 is 29.3 Å². The molecule has 0 saturated carbocycles. The van der Waals surface area contributed by atoms with Gasteiger partial charge < -0.3 is 14.4 Å². The molecule has 0 spiro atoms. The number of rotatable bonds is 7. The summed E-state index contributed by atoms with van der Waals surface area (Å²) >= 11 is 1.43. The van der Waals surface area contributed by atoms with Crippen molar-refractivity contribution in [3.8, 4) is 0 Å². The number of benzene rings is 1. The Labute approximate surface area is 136 Å². The Kier molecular flexibility index (Phi) is 5.56. The lowest BCUT2D eigenvalue weighted by Gasteiger charge is -2.44. The minimum atomic E-state index is -0.537. The molecule has 23 heavy (non-hydrogen) atoms. The molecule has 2 rings (SSSR count). The number of nitrogens with zero attached hydrogens (tertiary/aromatic N) is 2. The highest BCUT2D eigenvalue weighted by atomic mass is 32.2. The van der Waals surface area contributed by atoms with Gasteiger partial charge in [0.05, 0.1) is 4.92 Å². The van der Waals surface area contributed by atoms with Crippen molar-refractivity contribution in [2.24, 2.45) is 0 Å². The fraction of sp³-hybridized carbons (Fsp3) is 0.429. The van der Waals surface area contributed by atoms with E-state index >= 15 is 0 Å². The van der Waals surface area contributed by atoms with Gasteiger partial charge in [0, 0.05) is 19.2 Å². The van der Waals surface area contributed by atoms with Crippen LogP contribution in [-0.2, 0) is 25.7 Å². The van der Waals surface area contributed by atoms with E-state index in [2.05, 4.69) is 0 Å². The highest BCUT2D eigenvalue weighted by molar-refractivity contribution is 7.99. The van der Waals surface area contributed by atoms with Crippen molar-refractivity contribution in [1.29, 1.82) is 0 Å². The summed E-state index contributed by atoms with van der Waals surface area (Å²) in [7, 11) is 1.45. The van der Waals surface area contributed by atoms with E-state index in [9.17, 15) is 19.7 Å². The van der Waals surface area contributed by atoms with Crippen LogP contribution in [-0.4, -0.2) is 53.1 Å². The van der Waals surface area contributed by atoms with Crippen LogP contribution in [0.4, 0.5) is 5.69 Å². The average Bonchev–Trinajstić information content (AvgIpc) is 2.55. The lowest BCUT2D eigenvalue weighted by Crippen LogP contribution is -2.64. The van der Waals surface area contributed by atoms with Crippen LogP contribution < -0.4 is 0 Å². The first-order valence-corrected chi connectivity index (χ1v) is 8.01. The van der Waals surface area contributed by atoms with E-state index in [1.807, 2.05) is 6.26 Å². The highest BCUT2D eigenvalue weighted by Crippen LogP contribution is 2.30. The van der Waals surface area contributed by atoms with E-state index in [1.54, 1.807) is 0 Å². The number of carbonyl (C=O) groups excluding carboxylic acids is 2. The molecule has 0 radical (unpaired) electrons.